The molecule has 2 aromatic rings. The van der Waals surface area contributed by atoms with Crippen LogP contribution in [0.1, 0.15) is 37.5 Å². The topological polar surface area (TPSA) is 141 Å². The lowest BCUT2D eigenvalue weighted by atomic mass is 9.85. The summed E-state index contributed by atoms with van der Waals surface area (Å²) in [6, 6.07) is 9.23. The van der Waals surface area contributed by atoms with E-state index in [9.17, 15) is 34.2 Å². The Morgan fingerprint density at radius 1 is 0.788 bits per heavy atom. The Labute approximate surface area is 187 Å². The Hall–Kier alpha value is -4.27. The number of nitrogens with zero attached hydrogens (tertiary/aromatic N) is 1. The van der Waals surface area contributed by atoms with Gasteiger partial charge in [-0.3, -0.25) is 19.3 Å². The van der Waals surface area contributed by atoms with E-state index in [0.29, 0.717) is 5.69 Å². The van der Waals surface area contributed by atoms with Crippen molar-refractivity contribution in [3.63, 3.8) is 0 Å². The highest BCUT2D eigenvalue weighted by molar-refractivity contribution is 6.23. The number of amides is 3. The molecule has 5 rings (SSSR count). The average Bonchev–Trinajstić information content (AvgIpc) is 3.47. The van der Waals surface area contributed by atoms with Crippen LogP contribution in [-0.4, -0.2) is 39.9 Å². The molecule has 1 heterocycles. The molecular weight excluding hydrogens is 428 g/mol. The van der Waals surface area contributed by atoms with Crippen molar-refractivity contribution in [3.8, 4) is 0 Å². The maximum absolute atomic E-state index is 12.9. The highest BCUT2D eigenvalue weighted by atomic mass is 16.4. The second-order valence-electron chi connectivity index (χ2n) is 8.42. The van der Waals surface area contributed by atoms with E-state index in [1.54, 1.807) is 0 Å². The first-order chi connectivity index (χ1) is 15.7. The third-order valence-corrected chi connectivity index (χ3v) is 6.54. The number of anilines is 2. The SMILES string of the molecule is O=C(O)c1cc(NC(=O)c2ccc(N3C(=O)[C@@H]4[C@@H](C3=O)[C@H]3C=C[C@H]4C3)cc2)cc(C(=O)O)c1. The van der Waals surface area contributed by atoms with Crippen LogP contribution in [0.25, 0.3) is 0 Å². The van der Waals surface area contributed by atoms with Gasteiger partial charge < -0.3 is 15.5 Å². The maximum atomic E-state index is 12.9. The Bertz CT molecular complexity index is 1200. The summed E-state index contributed by atoms with van der Waals surface area (Å²) >= 11 is 0. The fraction of sp³-hybridized carbons (Fsp3) is 0.208. The van der Waals surface area contributed by atoms with Gasteiger partial charge in [0.25, 0.3) is 5.91 Å². The van der Waals surface area contributed by atoms with E-state index in [0.717, 1.165) is 24.6 Å². The number of hydrogen-bond donors (Lipinski definition) is 3. The molecule has 4 atom stereocenters. The molecule has 1 saturated carbocycles. The summed E-state index contributed by atoms with van der Waals surface area (Å²) in [6.45, 7) is 0. The zero-order chi connectivity index (χ0) is 23.4. The molecule has 33 heavy (non-hydrogen) atoms. The van der Waals surface area contributed by atoms with Crippen LogP contribution in [0.5, 0.6) is 0 Å². The number of fused-ring (bicyclic) bond motifs is 5. The van der Waals surface area contributed by atoms with Crippen molar-refractivity contribution in [2.75, 3.05) is 10.2 Å². The van der Waals surface area contributed by atoms with Crippen LogP contribution >= 0.6 is 0 Å². The number of aromatic carboxylic acids is 2. The normalized spacial score (nSPS) is 24.8. The van der Waals surface area contributed by atoms with Crippen molar-refractivity contribution >= 4 is 41.0 Å². The largest absolute Gasteiger partial charge is 0.478 e. The highest BCUT2D eigenvalue weighted by Crippen LogP contribution is 2.53. The first-order valence-corrected chi connectivity index (χ1v) is 10.3. The van der Waals surface area contributed by atoms with Crippen LogP contribution < -0.4 is 10.2 Å². The number of carbonyl (C=O) groups is 5. The number of imide groups is 1. The summed E-state index contributed by atoms with van der Waals surface area (Å²) in [7, 11) is 0. The molecule has 2 fully saturated rings. The number of hydrogen-bond acceptors (Lipinski definition) is 5. The summed E-state index contributed by atoms with van der Waals surface area (Å²) in [6.07, 6.45) is 4.87. The van der Waals surface area contributed by atoms with E-state index in [4.69, 9.17) is 0 Å². The zero-order valence-corrected chi connectivity index (χ0v) is 17.1. The maximum Gasteiger partial charge on any atom is 0.335 e. The van der Waals surface area contributed by atoms with Gasteiger partial charge in [-0.05, 0) is 60.7 Å². The van der Waals surface area contributed by atoms with Crippen LogP contribution in [0.2, 0.25) is 0 Å². The summed E-state index contributed by atoms with van der Waals surface area (Å²) in [5.41, 5.74) is 0.0389. The van der Waals surface area contributed by atoms with Gasteiger partial charge >= 0.3 is 11.9 Å². The summed E-state index contributed by atoms with van der Waals surface area (Å²) in [5.74, 6) is -4.12. The second-order valence-corrected chi connectivity index (χ2v) is 8.42. The van der Waals surface area contributed by atoms with E-state index in [-0.39, 0.29) is 57.9 Å². The van der Waals surface area contributed by atoms with Gasteiger partial charge in [0.05, 0.1) is 28.7 Å². The molecule has 9 heteroatoms. The highest BCUT2D eigenvalue weighted by Gasteiger charge is 2.59. The molecule has 2 aliphatic carbocycles. The van der Waals surface area contributed by atoms with Crippen LogP contribution in [0.15, 0.2) is 54.6 Å². The number of carboxylic acids is 2. The molecule has 166 valence electrons. The van der Waals surface area contributed by atoms with Crippen molar-refractivity contribution in [1.82, 2.24) is 0 Å². The molecule has 3 aliphatic rings. The lowest BCUT2D eigenvalue weighted by molar-refractivity contribution is -0.123. The molecule has 9 nitrogen and oxygen atoms in total. The van der Waals surface area contributed by atoms with E-state index in [1.807, 2.05) is 12.2 Å². The third-order valence-electron chi connectivity index (χ3n) is 6.54. The summed E-state index contributed by atoms with van der Waals surface area (Å²) < 4.78 is 0. The molecule has 0 aromatic heterocycles. The predicted octanol–water partition coefficient (Wildman–Crippen LogP) is 2.65. The monoisotopic (exact) mass is 446 g/mol. The number of carboxylic acid groups (broad SMARTS) is 2. The molecule has 2 aromatic carbocycles. The Kier molecular flexibility index (Phi) is 4.63. The van der Waals surface area contributed by atoms with Gasteiger partial charge in [-0.25, -0.2) is 9.59 Å². The van der Waals surface area contributed by atoms with Crippen LogP contribution in [0, 0.1) is 23.7 Å². The molecule has 2 bridgehead atoms. The fourth-order valence-electron chi connectivity index (χ4n) is 5.07. The van der Waals surface area contributed by atoms with E-state index < -0.39 is 17.8 Å². The molecule has 0 spiro atoms. The van der Waals surface area contributed by atoms with Crippen molar-refractivity contribution in [2.24, 2.45) is 23.7 Å². The average molecular weight is 446 g/mol. The zero-order valence-electron chi connectivity index (χ0n) is 17.1. The quantitative estimate of drug-likeness (QED) is 0.474. The molecule has 3 N–H and O–H groups in total. The van der Waals surface area contributed by atoms with Gasteiger partial charge in [-0.15, -0.1) is 0 Å². The first kappa shape index (κ1) is 20.6. The Balaban J connectivity index is 1.35. The number of nitrogens with one attached hydrogen (secondary N) is 1. The third kappa shape index (κ3) is 3.29. The Morgan fingerprint density at radius 2 is 1.30 bits per heavy atom. The van der Waals surface area contributed by atoms with Crippen molar-refractivity contribution in [1.29, 1.82) is 0 Å². The van der Waals surface area contributed by atoms with Crippen LogP contribution in [0.4, 0.5) is 11.4 Å². The van der Waals surface area contributed by atoms with E-state index in [2.05, 4.69) is 5.32 Å². The molecule has 1 saturated heterocycles. The predicted molar refractivity (Wildman–Crippen MR) is 115 cm³/mol. The molecule has 3 amide bonds. The molecular formula is C24H18N2O7. The minimum absolute atomic E-state index is 0.0158. The van der Waals surface area contributed by atoms with Gasteiger partial charge in [0.15, 0.2) is 0 Å². The second kappa shape index (κ2) is 7.40. The fourth-order valence-corrected chi connectivity index (χ4v) is 5.07. The van der Waals surface area contributed by atoms with Gasteiger partial charge in [0.2, 0.25) is 11.8 Å². The number of carbonyl (C=O) groups excluding carboxylic acids is 3. The van der Waals surface area contributed by atoms with Gasteiger partial charge in [-0.2, -0.15) is 0 Å². The van der Waals surface area contributed by atoms with Crippen LogP contribution in [0.3, 0.4) is 0 Å². The minimum Gasteiger partial charge on any atom is -0.478 e. The van der Waals surface area contributed by atoms with Crippen molar-refractivity contribution < 1.29 is 34.2 Å². The van der Waals surface area contributed by atoms with Crippen LogP contribution in [-0.2, 0) is 9.59 Å². The lowest BCUT2D eigenvalue weighted by Gasteiger charge is -2.17. The van der Waals surface area contributed by atoms with Gasteiger partial charge in [-0.1, -0.05) is 12.2 Å². The Morgan fingerprint density at radius 3 is 1.79 bits per heavy atom. The van der Waals surface area contributed by atoms with Crippen molar-refractivity contribution in [3.05, 3.63) is 71.3 Å². The molecule has 1 aliphatic heterocycles. The number of allylic oxidation sites excluding steroid dienone is 2. The van der Waals surface area contributed by atoms with Gasteiger partial charge in [0, 0.05) is 11.3 Å². The standard InChI is InChI=1S/C24H18N2O7/c27-20(25-16-9-14(23(30)31)8-15(10-16)24(32)33)11-3-5-17(6-4-11)26-21(28)18-12-1-2-13(7-12)19(18)22(26)29/h1-6,8-10,12-13,18-19H,7H2,(H,25,27)(H,30,31)(H,32,33)/t12-,13-,18-,19-/m0/s1. The van der Waals surface area contributed by atoms with Crippen molar-refractivity contribution in [2.45, 2.75) is 6.42 Å². The number of benzene rings is 2. The number of rotatable bonds is 5. The van der Waals surface area contributed by atoms with E-state index in [1.165, 1.54) is 29.2 Å². The molecule has 0 unspecified atom stereocenters. The summed E-state index contributed by atoms with van der Waals surface area (Å²) in [5, 5.41) is 20.8. The lowest BCUT2D eigenvalue weighted by Crippen LogP contribution is -2.32. The first-order valence-electron chi connectivity index (χ1n) is 10.3. The molecule has 0 radical (unpaired) electrons. The summed E-state index contributed by atoms with van der Waals surface area (Å²) in [4.78, 5) is 62.2. The minimum atomic E-state index is -1.33. The van der Waals surface area contributed by atoms with E-state index >= 15 is 0 Å². The smallest absolute Gasteiger partial charge is 0.335 e. The van der Waals surface area contributed by atoms with Gasteiger partial charge in [0.1, 0.15) is 0 Å².